The number of ketones is 1. The average Bonchev–Trinajstić information content (AvgIpc) is 3.52. The van der Waals surface area contributed by atoms with Crippen LogP contribution in [0, 0.1) is 11.3 Å². The molecule has 0 spiro atoms. The molecule has 3 aliphatic carbocycles. The van der Waals surface area contributed by atoms with Crippen molar-refractivity contribution in [3.05, 3.63) is 34.3 Å². The van der Waals surface area contributed by atoms with Gasteiger partial charge in [-0.15, -0.1) is 11.8 Å². The molecule has 1 saturated carbocycles. The summed E-state index contributed by atoms with van der Waals surface area (Å²) >= 11 is 1.43. The first-order valence-corrected chi connectivity index (χ1v) is 15.4. The second-order valence-electron chi connectivity index (χ2n) is 11.6. The highest BCUT2D eigenvalue weighted by Gasteiger charge is 2.65. The van der Waals surface area contributed by atoms with Crippen LogP contribution in [-0.2, 0) is 43.4 Å². The molecule has 0 saturated heterocycles. The highest BCUT2D eigenvalue weighted by molar-refractivity contribution is 7.99. The molecule has 5 rings (SSSR count). The number of carbonyl (C=O) groups excluding carboxylic acids is 4. The van der Waals surface area contributed by atoms with Gasteiger partial charge in [0.05, 0.1) is 37.6 Å². The molecule has 0 amide bonds. The van der Waals surface area contributed by atoms with Crippen LogP contribution in [0.15, 0.2) is 21.8 Å². The van der Waals surface area contributed by atoms with Crippen molar-refractivity contribution in [2.24, 2.45) is 11.3 Å². The molecule has 42 heavy (non-hydrogen) atoms. The van der Waals surface area contributed by atoms with E-state index in [-0.39, 0.29) is 41.4 Å². The Bertz CT molecular complexity index is 1280. The van der Waals surface area contributed by atoms with E-state index in [1.54, 1.807) is 7.11 Å². The van der Waals surface area contributed by atoms with Crippen molar-refractivity contribution < 1.29 is 52.0 Å². The number of ether oxygens (including phenoxy) is 6. The van der Waals surface area contributed by atoms with Gasteiger partial charge in [0.1, 0.15) is 30.1 Å². The maximum absolute atomic E-state index is 14.2. The molecule has 0 unspecified atom stereocenters. The van der Waals surface area contributed by atoms with Crippen molar-refractivity contribution >= 4 is 35.5 Å². The smallest absolute Gasteiger partial charge is 0.342 e. The Morgan fingerprint density at radius 2 is 1.86 bits per heavy atom. The zero-order chi connectivity index (χ0) is 30.2. The van der Waals surface area contributed by atoms with Gasteiger partial charge in [0, 0.05) is 43.4 Å². The number of carbonyl (C=O) groups is 4. The summed E-state index contributed by atoms with van der Waals surface area (Å²) in [5.74, 6) is -1.15. The molecule has 0 aromatic carbocycles. The molecule has 230 valence electrons. The number of allylic oxidation sites excluding steroid dienone is 1. The maximum atomic E-state index is 14.2. The Kier molecular flexibility index (Phi) is 8.90. The fourth-order valence-corrected chi connectivity index (χ4v) is 7.97. The Labute approximate surface area is 248 Å². The largest absolute Gasteiger partial charge is 0.461 e. The van der Waals surface area contributed by atoms with Crippen molar-refractivity contribution in [2.75, 3.05) is 52.2 Å². The number of rotatable bonds is 12. The van der Waals surface area contributed by atoms with Gasteiger partial charge in [0.25, 0.3) is 0 Å². The molecule has 0 radical (unpaired) electrons. The third kappa shape index (κ3) is 5.10. The van der Waals surface area contributed by atoms with E-state index in [0.29, 0.717) is 61.5 Å². The lowest BCUT2D eigenvalue weighted by Crippen LogP contribution is -2.57. The van der Waals surface area contributed by atoms with Crippen LogP contribution < -0.4 is 0 Å². The van der Waals surface area contributed by atoms with Crippen molar-refractivity contribution in [3.8, 4) is 0 Å². The molecule has 1 aromatic heterocycles. The van der Waals surface area contributed by atoms with Crippen LogP contribution in [0.1, 0.15) is 66.5 Å². The first-order chi connectivity index (χ1) is 20.1. The first-order valence-electron chi connectivity index (χ1n) is 14.2. The molecular weight excluding hydrogens is 568 g/mol. The second-order valence-corrected chi connectivity index (χ2v) is 12.7. The summed E-state index contributed by atoms with van der Waals surface area (Å²) in [6, 6.07) is 0. The summed E-state index contributed by atoms with van der Waals surface area (Å²) in [4.78, 5) is 52.3. The van der Waals surface area contributed by atoms with Gasteiger partial charge in [-0.3, -0.25) is 14.4 Å². The third-order valence-corrected chi connectivity index (χ3v) is 10.1. The fraction of sp³-hybridized carbons (Fsp3) is 0.667. The summed E-state index contributed by atoms with van der Waals surface area (Å²) in [5, 5.41) is 0. The summed E-state index contributed by atoms with van der Waals surface area (Å²) in [7, 11) is 3.12. The minimum atomic E-state index is -1.02. The van der Waals surface area contributed by atoms with Gasteiger partial charge in [-0.2, -0.15) is 0 Å². The van der Waals surface area contributed by atoms with Crippen LogP contribution in [0.5, 0.6) is 0 Å². The van der Waals surface area contributed by atoms with Crippen LogP contribution in [-0.4, -0.2) is 94.2 Å². The molecule has 1 aliphatic heterocycles. The fourth-order valence-electron chi connectivity index (χ4n) is 7.36. The number of methoxy groups -OCH3 is 2. The quantitative estimate of drug-likeness (QED) is 0.196. The molecule has 11 nitrogen and oxygen atoms in total. The van der Waals surface area contributed by atoms with Crippen molar-refractivity contribution in [1.29, 1.82) is 0 Å². The van der Waals surface area contributed by atoms with E-state index in [1.807, 2.05) is 13.8 Å². The van der Waals surface area contributed by atoms with Crippen molar-refractivity contribution in [2.45, 2.75) is 63.8 Å². The van der Waals surface area contributed by atoms with Crippen molar-refractivity contribution in [3.63, 3.8) is 0 Å². The first kappa shape index (κ1) is 30.8. The van der Waals surface area contributed by atoms with E-state index in [1.165, 1.54) is 32.1 Å². The molecule has 4 aliphatic rings. The van der Waals surface area contributed by atoms with Gasteiger partial charge in [-0.25, -0.2) is 4.79 Å². The van der Waals surface area contributed by atoms with E-state index < -0.39 is 41.1 Å². The molecule has 0 bridgehead atoms. The maximum Gasteiger partial charge on any atom is 0.342 e. The number of thioether (sulfide) groups is 1. The second kappa shape index (κ2) is 12.1. The van der Waals surface area contributed by atoms with Gasteiger partial charge in [0.2, 0.25) is 5.78 Å². The van der Waals surface area contributed by atoms with Crippen LogP contribution in [0.4, 0.5) is 0 Å². The third-order valence-electron chi connectivity index (χ3n) is 9.19. The van der Waals surface area contributed by atoms with E-state index in [0.717, 1.165) is 0 Å². The molecular formula is C30H38O11S. The van der Waals surface area contributed by atoms with E-state index in [2.05, 4.69) is 0 Å². The summed E-state index contributed by atoms with van der Waals surface area (Å²) < 4.78 is 39.4. The lowest BCUT2D eigenvalue weighted by Gasteiger charge is -2.52. The highest BCUT2D eigenvalue weighted by Crippen LogP contribution is 2.62. The number of esters is 3. The number of cyclic esters (lactones) is 1. The number of furan rings is 1. The SMILES string of the molecule is COCCOCCSCC(=O)O[C@H]1CC[C@H]2C3=C([C@H](OC(C)=O)C[C@]12C)[C@]1(C)c2c(coc2C3=O)C(=O)O[C@@H]1COC. The monoisotopic (exact) mass is 606 g/mol. The predicted molar refractivity (Wildman–Crippen MR) is 149 cm³/mol. The van der Waals surface area contributed by atoms with Gasteiger partial charge < -0.3 is 32.8 Å². The summed E-state index contributed by atoms with van der Waals surface area (Å²) in [6.45, 7) is 6.80. The van der Waals surface area contributed by atoms with Gasteiger partial charge >= 0.3 is 17.9 Å². The lowest BCUT2D eigenvalue weighted by molar-refractivity contribution is -0.158. The minimum Gasteiger partial charge on any atom is -0.461 e. The van der Waals surface area contributed by atoms with E-state index >= 15 is 0 Å². The number of hydrogen-bond donors (Lipinski definition) is 0. The Morgan fingerprint density at radius 3 is 2.57 bits per heavy atom. The molecule has 6 atom stereocenters. The predicted octanol–water partition coefficient (Wildman–Crippen LogP) is 3.28. The normalized spacial score (nSPS) is 31.3. The zero-order valence-corrected chi connectivity index (χ0v) is 25.5. The van der Waals surface area contributed by atoms with Gasteiger partial charge in [-0.1, -0.05) is 6.92 Å². The molecule has 1 aromatic rings. The van der Waals surface area contributed by atoms with E-state index in [9.17, 15) is 19.2 Å². The Morgan fingerprint density at radius 1 is 1.07 bits per heavy atom. The topological polar surface area (TPSA) is 137 Å². The zero-order valence-electron chi connectivity index (χ0n) is 24.6. The van der Waals surface area contributed by atoms with Gasteiger partial charge in [-0.05, 0) is 37.7 Å². The molecule has 0 N–H and O–H groups in total. The lowest BCUT2D eigenvalue weighted by atomic mass is 9.54. The van der Waals surface area contributed by atoms with Gasteiger partial charge in [0.15, 0.2) is 5.76 Å². The Balaban J connectivity index is 1.45. The molecule has 2 heterocycles. The standard InChI is InChI=1S/C30H38O11S/c1-16(31)39-19-12-29(2)18(6-7-20(29)40-22(32)15-42-11-10-37-9-8-35-4)23-25(19)30(3)21(14-36-5)41-28(34)17-13-38-27(24(17)30)26(23)33/h13,18-21H,6-12,14-15H2,1-5H3/t18-,19+,20-,21+,29-,30-/m0/s1. The van der Waals surface area contributed by atoms with Crippen LogP contribution in [0.3, 0.4) is 0 Å². The molecule has 12 heteroatoms. The summed E-state index contributed by atoms with van der Waals surface area (Å²) in [5.41, 5.74) is 0.0491. The number of Topliss-reactive ketones (excluding diaryl/α,β-unsaturated/α-hetero) is 1. The van der Waals surface area contributed by atoms with Crippen LogP contribution >= 0.6 is 11.8 Å². The average molecular weight is 607 g/mol. The highest BCUT2D eigenvalue weighted by atomic mass is 32.2. The number of hydrogen-bond acceptors (Lipinski definition) is 12. The van der Waals surface area contributed by atoms with E-state index in [4.69, 9.17) is 32.8 Å². The van der Waals surface area contributed by atoms with Crippen molar-refractivity contribution in [1.82, 2.24) is 0 Å². The molecule has 1 fully saturated rings. The number of fused-ring (bicyclic) bond motifs is 3. The summed E-state index contributed by atoms with van der Waals surface area (Å²) in [6.07, 6.45) is 0.701. The minimum absolute atomic E-state index is 0.0708. The van der Waals surface area contributed by atoms with Crippen LogP contribution in [0.25, 0.3) is 0 Å². The van der Waals surface area contributed by atoms with Crippen LogP contribution in [0.2, 0.25) is 0 Å². The Hall–Kier alpha value is -2.67.